The van der Waals surface area contributed by atoms with Crippen LogP contribution in [0.1, 0.15) is 53.8 Å². The second-order valence-corrected chi connectivity index (χ2v) is 7.75. The lowest BCUT2D eigenvalue weighted by molar-refractivity contribution is -0.118. The highest BCUT2D eigenvalue weighted by Gasteiger charge is 2.18. The average Bonchev–Trinajstić information content (AvgIpc) is 3.02. The average molecular weight is 375 g/mol. The van der Waals surface area contributed by atoms with Crippen molar-refractivity contribution in [3.05, 3.63) is 45.6 Å². The number of aryl methyl sites for hydroxylation is 1. The summed E-state index contributed by atoms with van der Waals surface area (Å²) in [5.41, 5.74) is 0.991. The minimum absolute atomic E-state index is 0.0945. The van der Waals surface area contributed by atoms with Gasteiger partial charge >= 0.3 is 0 Å². The molecule has 0 bridgehead atoms. The molecule has 1 unspecified atom stereocenters. The first kappa shape index (κ1) is 20.0. The molecule has 0 aliphatic rings. The first-order chi connectivity index (χ1) is 12.3. The molecule has 0 saturated heterocycles. The maximum atomic E-state index is 12.8. The van der Waals surface area contributed by atoms with Gasteiger partial charge in [-0.15, -0.1) is 11.3 Å². The van der Waals surface area contributed by atoms with Crippen LogP contribution in [0.25, 0.3) is 0 Å². The summed E-state index contributed by atoms with van der Waals surface area (Å²) in [6.45, 7) is 9.96. The minimum Gasteiger partial charge on any atom is -0.493 e. The van der Waals surface area contributed by atoms with E-state index in [4.69, 9.17) is 4.74 Å². The van der Waals surface area contributed by atoms with Crippen LogP contribution in [-0.4, -0.2) is 18.4 Å². The van der Waals surface area contributed by atoms with Crippen molar-refractivity contribution in [1.82, 2.24) is 5.32 Å². The number of amides is 2. The zero-order chi connectivity index (χ0) is 19.3. The summed E-state index contributed by atoms with van der Waals surface area (Å²) in [6.07, 6.45) is 0. The van der Waals surface area contributed by atoms with E-state index in [0.717, 1.165) is 4.88 Å². The number of ether oxygens (including phenoxy) is 1. The summed E-state index contributed by atoms with van der Waals surface area (Å²) in [6, 6.07) is 9.07. The fourth-order valence-corrected chi connectivity index (χ4v) is 3.26. The summed E-state index contributed by atoms with van der Waals surface area (Å²) in [5.74, 6) is 0.0404. The third-order valence-electron chi connectivity index (χ3n) is 3.85. The van der Waals surface area contributed by atoms with E-state index in [2.05, 4.69) is 10.6 Å². The lowest BCUT2D eigenvalue weighted by Gasteiger charge is -2.16. The highest BCUT2D eigenvalue weighted by atomic mass is 32.1. The van der Waals surface area contributed by atoms with Crippen LogP contribution in [0.3, 0.4) is 0 Å². The molecule has 0 fully saturated rings. The Balaban J connectivity index is 2.23. The molecular weight excluding hydrogens is 348 g/mol. The first-order valence-corrected chi connectivity index (χ1v) is 9.58. The number of hydrogen-bond donors (Lipinski definition) is 2. The van der Waals surface area contributed by atoms with Gasteiger partial charge in [0.05, 0.1) is 18.2 Å². The molecule has 1 atom stereocenters. The van der Waals surface area contributed by atoms with E-state index >= 15 is 0 Å². The van der Waals surface area contributed by atoms with E-state index in [-0.39, 0.29) is 23.8 Å². The first-order valence-electron chi connectivity index (χ1n) is 8.76. The molecule has 1 heterocycles. The fraction of sp³-hybridized carbons (Fsp3) is 0.400. The smallest absolute Gasteiger partial charge is 0.255 e. The van der Waals surface area contributed by atoms with E-state index in [1.54, 1.807) is 29.5 Å². The number of nitrogens with one attached hydrogen (secondary N) is 2. The minimum atomic E-state index is -0.229. The Morgan fingerprint density at radius 3 is 2.46 bits per heavy atom. The Bertz CT molecular complexity index is 783. The van der Waals surface area contributed by atoms with Crippen LogP contribution in [0.5, 0.6) is 5.75 Å². The molecule has 0 aliphatic carbocycles. The van der Waals surface area contributed by atoms with Crippen LogP contribution < -0.4 is 15.4 Å². The number of rotatable bonds is 7. The molecule has 2 aromatic rings. The van der Waals surface area contributed by atoms with E-state index in [9.17, 15) is 9.59 Å². The Labute approximate surface area is 158 Å². The lowest BCUT2D eigenvalue weighted by atomic mass is 10.1. The Hall–Kier alpha value is -2.34. The van der Waals surface area contributed by atoms with Gasteiger partial charge in [-0.05, 0) is 51.1 Å². The van der Waals surface area contributed by atoms with Crippen LogP contribution in [0, 0.1) is 12.8 Å². The third kappa shape index (κ3) is 5.08. The van der Waals surface area contributed by atoms with Gasteiger partial charge in [-0.25, -0.2) is 0 Å². The van der Waals surface area contributed by atoms with Gasteiger partial charge in [0.25, 0.3) is 5.91 Å². The summed E-state index contributed by atoms with van der Waals surface area (Å²) >= 11 is 1.66. The number of thiophene rings is 1. The highest BCUT2D eigenvalue weighted by Crippen LogP contribution is 2.26. The van der Waals surface area contributed by atoms with Crippen LogP contribution in [0.15, 0.2) is 30.3 Å². The second-order valence-electron chi connectivity index (χ2n) is 6.43. The Kier molecular flexibility index (Phi) is 6.80. The molecule has 1 aromatic carbocycles. The molecule has 5 nitrogen and oxygen atoms in total. The van der Waals surface area contributed by atoms with Gasteiger partial charge < -0.3 is 15.4 Å². The molecule has 2 N–H and O–H groups in total. The van der Waals surface area contributed by atoms with Crippen molar-refractivity contribution >= 4 is 28.8 Å². The summed E-state index contributed by atoms with van der Waals surface area (Å²) < 4.78 is 5.59. The quantitative estimate of drug-likeness (QED) is 0.747. The topological polar surface area (TPSA) is 67.4 Å². The molecule has 6 heteroatoms. The van der Waals surface area contributed by atoms with E-state index in [0.29, 0.717) is 23.6 Å². The number of carbonyl (C=O) groups excluding carboxylic acids is 2. The molecule has 0 spiro atoms. The maximum absolute atomic E-state index is 12.8. The van der Waals surface area contributed by atoms with Gasteiger partial charge in [-0.2, -0.15) is 0 Å². The summed E-state index contributed by atoms with van der Waals surface area (Å²) in [4.78, 5) is 27.0. The van der Waals surface area contributed by atoms with Gasteiger partial charge in [0, 0.05) is 21.4 Å². The largest absolute Gasteiger partial charge is 0.493 e. The fourth-order valence-electron chi connectivity index (χ4n) is 2.38. The normalized spacial score (nSPS) is 11.9. The predicted molar refractivity (Wildman–Crippen MR) is 106 cm³/mol. The van der Waals surface area contributed by atoms with Crippen molar-refractivity contribution < 1.29 is 14.3 Å². The maximum Gasteiger partial charge on any atom is 0.255 e. The second kappa shape index (κ2) is 8.85. The van der Waals surface area contributed by atoms with Crippen molar-refractivity contribution in [3.8, 4) is 5.75 Å². The van der Waals surface area contributed by atoms with Crippen molar-refractivity contribution in [2.45, 2.75) is 40.7 Å². The van der Waals surface area contributed by atoms with E-state index in [1.165, 1.54) is 4.88 Å². The molecule has 2 amide bonds. The molecule has 0 aliphatic heterocycles. The summed E-state index contributed by atoms with van der Waals surface area (Å²) in [5, 5.41) is 5.83. The van der Waals surface area contributed by atoms with Crippen molar-refractivity contribution in [1.29, 1.82) is 0 Å². The molecule has 2 rings (SSSR count). The third-order valence-corrected chi connectivity index (χ3v) is 5.03. The molecule has 26 heavy (non-hydrogen) atoms. The summed E-state index contributed by atoms with van der Waals surface area (Å²) in [7, 11) is 0. The predicted octanol–water partition coefficient (Wildman–Crippen LogP) is 4.54. The van der Waals surface area contributed by atoms with Crippen molar-refractivity contribution in [2.24, 2.45) is 5.92 Å². The van der Waals surface area contributed by atoms with Gasteiger partial charge in [0.1, 0.15) is 5.75 Å². The van der Waals surface area contributed by atoms with Gasteiger partial charge in [0.2, 0.25) is 5.91 Å². The van der Waals surface area contributed by atoms with Crippen LogP contribution in [0.4, 0.5) is 5.69 Å². The van der Waals surface area contributed by atoms with Crippen LogP contribution >= 0.6 is 11.3 Å². The number of hydrogen-bond acceptors (Lipinski definition) is 4. The zero-order valence-electron chi connectivity index (χ0n) is 15.9. The molecule has 1 aromatic heterocycles. The van der Waals surface area contributed by atoms with Gasteiger partial charge in [-0.1, -0.05) is 13.8 Å². The monoisotopic (exact) mass is 374 g/mol. The lowest BCUT2D eigenvalue weighted by Crippen LogP contribution is -2.27. The van der Waals surface area contributed by atoms with E-state index < -0.39 is 0 Å². The van der Waals surface area contributed by atoms with Gasteiger partial charge in [0.15, 0.2) is 0 Å². The van der Waals surface area contributed by atoms with Crippen LogP contribution in [-0.2, 0) is 4.79 Å². The standard InChI is InChI=1S/C20H26N2O3S/c1-6-25-17-9-8-15(22-19(23)12(2)3)11-16(17)20(24)21-14(5)18-10-7-13(4)26-18/h7-12,14H,6H2,1-5H3,(H,21,24)(H,22,23). The zero-order valence-corrected chi connectivity index (χ0v) is 16.7. The number of anilines is 1. The Morgan fingerprint density at radius 1 is 1.15 bits per heavy atom. The molecule has 0 radical (unpaired) electrons. The SMILES string of the molecule is CCOc1ccc(NC(=O)C(C)C)cc1C(=O)NC(C)c1ccc(C)s1. The molecular formula is C20H26N2O3S. The number of benzene rings is 1. The van der Waals surface area contributed by atoms with Crippen molar-refractivity contribution in [3.63, 3.8) is 0 Å². The van der Waals surface area contributed by atoms with Crippen LogP contribution in [0.2, 0.25) is 0 Å². The highest BCUT2D eigenvalue weighted by molar-refractivity contribution is 7.12. The van der Waals surface area contributed by atoms with E-state index in [1.807, 2.05) is 46.8 Å². The van der Waals surface area contributed by atoms with Crippen molar-refractivity contribution in [2.75, 3.05) is 11.9 Å². The molecule has 0 saturated carbocycles. The Morgan fingerprint density at radius 2 is 1.88 bits per heavy atom. The van der Waals surface area contributed by atoms with Gasteiger partial charge in [-0.3, -0.25) is 9.59 Å². The molecule has 140 valence electrons. The number of carbonyl (C=O) groups is 2.